The van der Waals surface area contributed by atoms with Gasteiger partial charge in [-0.3, -0.25) is 0 Å². The summed E-state index contributed by atoms with van der Waals surface area (Å²) in [6.07, 6.45) is 3.01. The molecule has 76 valence electrons. The Hall–Kier alpha value is -1.22. The summed E-state index contributed by atoms with van der Waals surface area (Å²) < 4.78 is 0. The molecular weight excluding hydrogens is 178 g/mol. The van der Waals surface area contributed by atoms with Crippen molar-refractivity contribution in [2.75, 3.05) is 6.54 Å². The van der Waals surface area contributed by atoms with Gasteiger partial charge in [0.1, 0.15) is 0 Å². The molecule has 0 heterocycles. The summed E-state index contributed by atoms with van der Waals surface area (Å²) >= 11 is 0. The van der Waals surface area contributed by atoms with Gasteiger partial charge in [0.2, 0.25) is 0 Å². The lowest BCUT2D eigenvalue weighted by atomic mass is 9.96. The van der Waals surface area contributed by atoms with E-state index < -0.39 is 0 Å². The van der Waals surface area contributed by atoms with Crippen LogP contribution >= 0.6 is 0 Å². The monoisotopic (exact) mass is 193 g/mol. The van der Waals surface area contributed by atoms with Crippen molar-refractivity contribution in [2.45, 2.75) is 19.3 Å². The fraction of sp³-hybridized carbons (Fsp3) is 0.455. The molecule has 14 heavy (non-hydrogen) atoms. The van der Waals surface area contributed by atoms with Gasteiger partial charge in [-0.1, -0.05) is 12.1 Å². The molecule has 1 fully saturated rings. The van der Waals surface area contributed by atoms with Crippen LogP contribution in [0, 0.1) is 5.41 Å². The van der Waals surface area contributed by atoms with Crippen molar-refractivity contribution in [1.82, 2.24) is 0 Å². The highest BCUT2D eigenvalue weighted by molar-refractivity contribution is 5.45. The molecule has 0 radical (unpaired) electrons. The van der Waals surface area contributed by atoms with Crippen LogP contribution in [0.25, 0.3) is 0 Å². The number of aromatic hydroxyl groups is 2. The van der Waals surface area contributed by atoms with E-state index in [9.17, 15) is 10.2 Å². The molecule has 0 amide bonds. The molecule has 4 N–H and O–H groups in total. The van der Waals surface area contributed by atoms with Crippen molar-refractivity contribution in [3.63, 3.8) is 0 Å². The van der Waals surface area contributed by atoms with Crippen LogP contribution in [0.1, 0.15) is 18.4 Å². The van der Waals surface area contributed by atoms with E-state index in [1.165, 1.54) is 6.07 Å². The van der Waals surface area contributed by atoms with Crippen LogP contribution in [0.5, 0.6) is 11.5 Å². The molecule has 1 saturated carbocycles. The smallest absolute Gasteiger partial charge is 0.160 e. The van der Waals surface area contributed by atoms with E-state index in [2.05, 4.69) is 0 Å². The predicted octanol–water partition coefficient (Wildman–Crippen LogP) is 1.38. The standard InChI is InChI=1S/C11H15NO2/c12-7-11(4-5-11)6-8-2-1-3-9(13)10(8)14/h1-3,13-14H,4-7,12H2. The Morgan fingerprint density at radius 2 is 2.00 bits per heavy atom. The summed E-state index contributed by atoms with van der Waals surface area (Å²) in [7, 11) is 0. The highest BCUT2D eigenvalue weighted by atomic mass is 16.3. The van der Waals surface area contributed by atoms with Crippen LogP contribution < -0.4 is 5.73 Å². The summed E-state index contributed by atoms with van der Waals surface area (Å²) in [5.41, 5.74) is 6.65. The zero-order valence-electron chi connectivity index (χ0n) is 8.03. The van der Waals surface area contributed by atoms with Crippen molar-refractivity contribution in [1.29, 1.82) is 0 Å². The number of nitrogens with two attached hydrogens (primary N) is 1. The largest absolute Gasteiger partial charge is 0.504 e. The highest BCUT2D eigenvalue weighted by Crippen LogP contribution is 2.49. The van der Waals surface area contributed by atoms with Crippen molar-refractivity contribution >= 4 is 0 Å². The molecular formula is C11H15NO2. The van der Waals surface area contributed by atoms with Gasteiger partial charge >= 0.3 is 0 Å². The van der Waals surface area contributed by atoms with E-state index in [1.54, 1.807) is 6.07 Å². The van der Waals surface area contributed by atoms with Crippen LogP contribution in [0.3, 0.4) is 0 Å². The number of phenolic OH excluding ortho intramolecular Hbond substituents is 2. The lowest BCUT2D eigenvalue weighted by molar-refractivity contribution is 0.393. The molecule has 3 heteroatoms. The first-order chi connectivity index (χ1) is 6.67. The topological polar surface area (TPSA) is 66.5 Å². The maximum atomic E-state index is 9.59. The molecule has 1 aromatic carbocycles. The molecule has 0 spiro atoms. The van der Waals surface area contributed by atoms with Crippen LogP contribution in [0.2, 0.25) is 0 Å². The number of phenols is 2. The summed E-state index contributed by atoms with van der Waals surface area (Å²) in [5.74, 6) is -0.0393. The quantitative estimate of drug-likeness (QED) is 0.635. The number of benzene rings is 1. The van der Waals surface area contributed by atoms with E-state index in [1.807, 2.05) is 6.07 Å². The van der Waals surface area contributed by atoms with Gasteiger partial charge in [0, 0.05) is 0 Å². The SMILES string of the molecule is NCC1(Cc2cccc(O)c2O)CC1. The van der Waals surface area contributed by atoms with Crippen molar-refractivity contribution in [3.05, 3.63) is 23.8 Å². The molecule has 0 saturated heterocycles. The number of para-hydroxylation sites is 1. The summed E-state index contributed by atoms with van der Waals surface area (Å²) in [4.78, 5) is 0. The Morgan fingerprint density at radius 3 is 2.57 bits per heavy atom. The maximum absolute atomic E-state index is 9.59. The predicted molar refractivity (Wildman–Crippen MR) is 54.2 cm³/mol. The van der Waals surface area contributed by atoms with Gasteiger partial charge < -0.3 is 15.9 Å². The average Bonchev–Trinajstić information content (AvgIpc) is 2.94. The molecule has 0 aliphatic heterocycles. The van der Waals surface area contributed by atoms with Crippen LogP contribution in [0.4, 0.5) is 0 Å². The average molecular weight is 193 g/mol. The molecule has 0 bridgehead atoms. The van der Waals surface area contributed by atoms with E-state index in [4.69, 9.17) is 5.73 Å². The maximum Gasteiger partial charge on any atom is 0.160 e. The van der Waals surface area contributed by atoms with Gasteiger partial charge in [-0.15, -0.1) is 0 Å². The first kappa shape index (κ1) is 9.34. The minimum absolute atomic E-state index is 0.00669. The molecule has 1 aliphatic carbocycles. The number of rotatable bonds is 3. The molecule has 0 aromatic heterocycles. The number of hydrogen-bond donors (Lipinski definition) is 3. The lowest BCUT2D eigenvalue weighted by Crippen LogP contribution is -2.17. The second-order valence-corrected chi connectivity index (χ2v) is 4.17. The summed E-state index contributed by atoms with van der Waals surface area (Å²) in [6.45, 7) is 0.655. The third-order valence-corrected chi connectivity index (χ3v) is 3.05. The molecule has 2 rings (SSSR count). The minimum Gasteiger partial charge on any atom is -0.504 e. The molecule has 0 atom stereocenters. The second-order valence-electron chi connectivity index (χ2n) is 4.17. The summed E-state index contributed by atoms with van der Waals surface area (Å²) in [6, 6.07) is 5.07. The van der Waals surface area contributed by atoms with E-state index in [0.717, 1.165) is 24.8 Å². The number of hydrogen-bond acceptors (Lipinski definition) is 3. The second kappa shape index (κ2) is 3.17. The van der Waals surface area contributed by atoms with Crippen molar-refractivity contribution in [2.24, 2.45) is 11.1 Å². The third kappa shape index (κ3) is 1.55. The van der Waals surface area contributed by atoms with E-state index >= 15 is 0 Å². The normalized spacial score (nSPS) is 18.1. The van der Waals surface area contributed by atoms with Crippen LogP contribution in [-0.4, -0.2) is 16.8 Å². The molecule has 1 aliphatic rings. The third-order valence-electron chi connectivity index (χ3n) is 3.05. The Kier molecular flexibility index (Phi) is 2.11. The molecule has 1 aromatic rings. The minimum atomic E-state index is -0.0460. The van der Waals surface area contributed by atoms with Crippen LogP contribution in [-0.2, 0) is 6.42 Å². The highest BCUT2D eigenvalue weighted by Gasteiger charge is 2.41. The molecule has 3 nitrogen and oxygen atoms in total. The van der Waals surface area contributed by atoms with Crippen LogP contribution in [0.15, 0.2) is 18.2 Å². The lowest BCUT2D eigenvalue weighted by Gasteiger charge is -2.13. The van der Waals surface area contributed by atoms with Gasteiger partial charge in [0.25, 0.3) is 0 Å². The first-order valence-corrected chi connectivity index (χ1v) is 4.87. The zero-order chi connectivity index (χ0) is 10.2. The Bertz CT molecular complexity index is 345. The fourth-order valence-corrected chi connectivity index (χ4v) is 1.75. The Labute approximate surface area is 83.2 Å². The van der Waals surface area contributed by atoms with Gasteiger partial charge in [0.05, 0.1) is 0 Å². The Balaban J connectivity index is 2.21. The Morgan fingerprint density at radius 1 is 1.29 bits per heavy atom. The summed E-state index contributed by atoms with van der Waals surface area (Å²) in [5, 5.41) is 18.9. The van der Waals surface area contributed by atoms with Crippen molar-refractivity contribution < 1.29 is 10.2 Å². The van der Waals surface area contributed by atoms with Gasteiger partial charge in [0.15, 0.2) is 11.5 Å². The van der Waals surface area contributed by atoms with E-state index in [0.29, 0.717) is 6.54 Å². The van der Waals surface area contributed by atoms with Gasteiger partial charge in [-0.05, 0) is 42.9 Å². The molecule has 0 unspecified atom stereocenters. The van der Waals surface area contributed by atoms with Crippen molar-refractivity contribution in [3.8, 4) is 11.5 Å². The first-order valence-electron chi connectivity index (χ1n) is 4.87. The van der Waals surface area contributed by atoms with Gasteiger partial charge in [-0.2, -0.15) is 0 Å². The fourth-order valence-electron chi connectivity index (χ4n) is 1.75. The van der Waals surface area contributed by atoms with E-state index in [-0.39, 0.29) is 16.9 Å². The zero-order valence-corrected chi connectivity index (χ0v) is 8.03. The van der Waals surface area contributed by atoms with Gasteiger partial charge in [-0.25, -0.2) is 0 Å².